The van der Waals surface area contributed by atoms with E-state index in [2.05, 4.69) is 20.2 Å². The van der Waals surface area contributed by atoms with Gasteiger partial charge in [0.25, 0.3) is 5.91 Å². The van der Waals surface area contributed by atoms with E-state index in [-0.39, 0.29) is 5.91 Å². The highest BCUT2D eigenvalue weighted by atomic mass is 32.1. The Kier molecular flexibility index (Phi) is 3.27. The molecule has 0 spiro atoms. The Bertz CT molecular complexity index is 346. The Morgan fingerprint density at radius 3 is 3.20 bits per heavy atom. The lowest BCUT2D eigenvalue weighted by Crippen LogP contribution is -2.30. The molecule has 1 fully saturated rings. The molecule has 1 saturated heterocycles. The van der Waals surface area contributed by atoms with Gasteiger partial charge in [-0.1, -0.05) is 4.49 Å². The van der Waals surface area contributed by atoms with E-state index >= 15 is 0 Å². The Balaban J connectivity index is 1.84. The molecular weight excluding hydrogens is 212 g/mol. The van der Waals surface area contributed by atoms with Gasteiger partial charge in [-0.05, 0) is 43.9 Å². The summed E-state index contributed by atoms with van der Waals surface area (Å²) in [5, 5.41) is 10.0. The standard InChI is InChI=1S/C9H14N4OS/c1-6-8(15-13-12-6)9(14)11-5-7-2-3-10-4-7/h7,10H,2-5H2,1H3,(H,11,14). The molecule has 1 unspecified atom stereocenters. The summed E-state index contributed by atoms with van der Waals surface area (Å²) in [7, 11) is 0. The fourth-order valence-electron chi connectivity index (χ4n) is 1.65. The molecule has 5 nitrogen and oxygen atoms in total. The molecule has 15 heavy (non-hydrogen) atoms. The lowest BCUT2D eigenvalue weighted by atomic mass is 10.1. The Hall–Kier alpha value is -1.01. The lowest BCUT2D eigenvalue weighted by Gasteiger charge is -2.08. The minimum atomic E-state index is -0.0469. The van der Waals surface area contributed by atoms with E-state index in [0.717, 1.165) is 37.6 Å². The largest absolute Gasteiger partial charge is 0.351 e. The van der Waals surface area contributed by atoms with Gasteiger partial charge in [-0.25, -0.2) is 0 Å². The molecule has 2 rings (SSSR count). The zero-order chi connectivity index (χ0) is 10.7. The molecule has 6 heteroatoms. The van der Waals surface area contributed by atoms with Crippen molar-refractivity contribution in [1.29, 1.82) is 0 Å². The fourth-order valence-corrected chi connectivity index (χ4v) is 2.22. The van der Waals surface area contributed by atoms with Gasteiger partial charge in [0.1, 0.15) is 4.88 Å². The van der Waals surface area contributed by atoms with Crippen LogP contribution >= 0.6 is 11.5 Å². The molecular formula is C9H14N4OS. The predicted octanol–water partition coefficient (Wildman–Crippen LogP) is 0.186. The molecule has 1 aromatic heterocycles. The van der Waals surface area contributed by atoms with Crippen LogP contribution in [0, 0.1) is 12.8 Å². The molecule has 0 bridgehead atoms. The monoisotopic (exact) mass is 226 g/mol. The lowest BCUT2D eigenvalue weighted by molar-refractivity contribution is 0.0951. The first kappa shape index (κ1) is 10.5. The predicted molar refractivity (Wildman–Crippen MR) is 58.0 cm³/mol. The van der Waals surface area contributed by atoms with Crippen molar-refractivity contribution in [2.75, 3.05) is 19.6 Å². The maximum Gasteiger partial charge on any atom is 0.264 e. The number of rotatable bonds is 3. The third-order valence-electron chi connectivity index (χ3n) is 2.57. The first-order valence-electron chi connectivity index (χ1n) is 5.05. The maximum absolute atomic E-state index is 11.7. The minimum Gasteiger partial charge on any atom is -0.351 e. The molecule has 82 valence electrons. The molecule has 0 radical (unpaired) electrons. The molecule has 1 amide bonds. The number of hydrogen-bond acceptors (Lipinski definition) is 5. The summed E-state index contributed by atoms with van der Waals surface area (Å²) in [5.74, 6) is 0.518. The van der Waals surface area contributed by atoms with E-state index < -0.39 is 0 Å². The van der Waals surface area contributed by atoms with Gasteiger partial charge in [-0.3, -0.25) is 4.79 Å². The highest BCUT2D eigenvalue weighted by molar-refractivity contribution is 7.07. The second-order valence-corrected chi connectivity index (χ2v) is 4.51. The van der Waals surface area contributed by atoms with E-state index in [1.54, 1.807) is 6.92 Å². The van der Waals surface area contributed by atoms with E-state index in [9.17, 15) is 4.79 Å². The van der Waals surface area contributed by atoms with Crippen LogP contribution in [0.3, 0.4) is 0 Å². The van der Waals surface area contributed by atoms with Crippen LogP contribution in [-0.2, 0) is 0 Å². The molecule has 0 aromatic carbocycles. The number of aryl methyl sites for hydroxylation is 1. The summed E-state index contributed by atoms with van der Waals surface area (Å²) in [4.78, 5) is 12.3. The van der Waals surface area contributed by atoms with Crippen LogP contribution in [0.25, 0.3) is 0 Å². The van der Waals surface area contributed by atoms with Gasteiger partial charge < -0.3 is 10.6 Å². The Labute approximate surface area is 92.4 Å². The maximum atomic E-state index is 11.7. The highest BCUT2D eigenvalue weighted by Crippen LogP contribution is 2.10. The van der Waals surface area contributed by atoms with Crippen molar-refractivity contribution in [3.05, 3.63) is 10.6 Å². The van der Waals surface area contributed by atoms with Crippen LogP contribution in [-0.4, -0.2) is 35.1 Å². The fraction of sp³-hybridized carbons (Fsp3) is 0.667. The zero-order valence-corrected chi connectivity index (χ0v) is 9.43. The van der Waals surface area contributed by atoms with Gasteiger partial charge in [0, 0.05) is 6.54 Å². The summed E-state index contributed by atoms with van der Waals surface area (Å²) >= 11 is 1.15. The van der Waals surface area contributed by atoms with Crippen molar-refractivity contribution < 1.29 is 4.79 Å². The van der Waals surface area contributed by atoms with Crippen molar-refractivity contribution in [2.45, 2.75) is 13.3 Å². The van der Waals surface area contributed by atoms with Crippen molar-refractivity contribution in [1.82, 2.24) is 20.2 Å². The summed E-state index contributed by atoms with van der Waals surface area (Å²) < 4.78 is 3.74. The summed E-state index contributed by atoms with van der Waals surface area (Å²) in [6, 6.07) is 0. The Morgan fingerprint density at radius 1 is 1.73 bits per heavy atom. The number of nitrogens with one attached hydrogen (secondary N) is 2. The molecule has 2 heterocycles. The minimum absolute atomic E-state index is 0.0469. The van der Waals surface area contributed by atoms with Crippen LogP contribution in [0.5, 0.6) is 0 Å². The van der Waals surface area contributed by atoms with Crippen LogP contribution < -0.4 is 10.6 Å². The smallest absolute Gasteiger partial charge is 0.264 e. The first-order valence-corrected chi connectivity index (χ1v) is 5.82. The van der Waals surface area contributed by atoms with Gasteiger partial charge in [-0.15, -0.1) is 5.10 Å². The molecule has 1 aliphatic heterocycles. The van der Waals surface area contributed by atoms with Gasteiger partial charge in [0.2, 0.25) is 0 Å². The van der Waals surface area contributed by atoms with E-state index in [1.165, 1.54) is 0 Å². The van der Waals surface area contributed by atoms with Crippen molar-refractivity contribution in [3.63, 3.8) is 0 Å². The third kappa shape index (κ3) is 2.51. The first-order chi connectivity index (χ1) is 7.27. The van der Waals surface area contributed by atoms with Crippen LogP contribution in [0.2, 0.25) is 0 Å². The molecule has 0 saturated carbocycles. The van der Waals surface area contributed by atoms with Crippen LogP contribution in [0.4, 0.5) is 0 Å². The number of hydrogen-bond donors (Lipinski definition) is 2. The second-order valence-electron chi connectivity index (χ2n) is 3.76. The van der Waals surface area contributed by atoms with Crippen LogP contribution in [0.15, 0.2) is 0 Å². The van der Waals surface area contributed by atoms with Gasteiger partial charge >= 0.3 is 0 Å². The number of carbonyl (C=O) groups is 1. The second kappa shape index (κ2) is 4.67. The molecule has 2 N–H and O–H groups in total. The highest BCUT2D eigenvalue weighted by Gasteiger charge is 2.17. The topological polar surface area (TPSA) is 66.9 Å². The average molecular weight is 226 g/mol. The number of nitrogens with zero attached hydrogens (tertiary/aromatic N) is 2. The van der Waals surface area contributed by atoms with Crippen molar-refractivity contribution in [2.24, 2.45) is 5.92 Å². The molecule has 0 aliphatic carbocycles. The normalized spacial score (nSPS) is 20.5. The molecule has 1 atom stereocenters. The van der Waals surface area contributed by atoms with E-state index in [0.29, 0.717) is 16.5 Å². The summed E-state index contributed by atoms with van der Waals surface area (Å²) in [6.07, 6.45) is 1.14. The van der Waals surface area contributed by atoms with Gasteiger partial charge in [0.05, 0.1) is 5.69 Å². The zero-order valence-electron chi connectivity index (χ0n) is 8.62. The SMILES string of the molecule is Cc1nnsc1C(=O)NCC1CCNC1. The van der Waals surface area contributed by atoms with Gasteiger partial charge in [0.15, 0.2) is 0 Å². The third-order valence-corrected chi connectivity index (χ3v) is 3.40. The van der Waals surface area contributed by atoms with E-state index in [1.807, 2.05) is 0 Å². The Morgan fingerprint density at radius 2 is 2.60 bits per heavy atom. The summed E-state index contributed by atoms with van der Waals surface area (Å²) in [5.41, 5.74) is 0.710. The van der Waals surface area contributed by atoms with Gasteiger partial charge in [-0.2, -0.15) is 0 Å². The number of aromatic nitrogens is 2. The molecule has 1 aliphatic rings. The quantitative estimate of drug-likeness (QED) is 0.772. The van der Waals surface area contributed by atoms with Crippen LogP contribution in [0.1, 0.15) is 21.8 Å². The van der Waals surface area contributed by atoms with Crippen molar-refractivity contribution in [3.8, 4) is 0 Å². The average Bonchev–Trinajstić information content (AvgIpc) is 2.84. The molecule has 1 aromatic rings. The summed E-state index contributed by atoms with van der Waals surface area (Å²) in [6.45, 7) is 4.60. The number of amides is 1. The van der Waals surface area contributed by atoms with E-state index in [4.69, 9.17) is 0 Å². The number of carbonyl (C=O) groups excluding carboxylic acids is 1. The van der Waals surface area contributed by atoms with Crippen molar-refractivity contribution >= 4 is 17.4 Å².